The Bertz CT molecular complexity index is 1000. The zero-order valence-electron chi connectivity index (χ0n) is 35.4. The van der Waals surface area contributed by atoms with Gasteiger partial charge in [-0.2, -0.15) is 0 Å². The first-order chi connectivity index (χ1) is 26.0. The number of carbonyl (C=O) groups excluding carboxylic acids is 2. The van der Waals surface area contributed by atoms with E-state index in [1.54, 1.807) is 0 Å². The van der Waals surface area contributed by atoms with Crippen LogP contribution in [0.25, 0.3) is 0 Å². The van der Waals surface area contributed by atoms with E-state index in [0.29, 0.717) is 36.1 Å². The fourth-order valence-corrected chi connectivity index (χ4v) is 7.10. The molecule has 1 rings (SSSR count). The molecule has 0 aromatic heterocycles. The number of phosphoric ester groups is 1. The van der Waals surface area contributed by atoms with Crippen molar-refractivity contribution in [1.29, 1.82) is 0 Å². The van der Waals surface area contributed by atoms with E-state index >= 15 is 0 Å². The average Bonchev–Trinajstić information content (AvgIpc) is 3.87. The van der Waals surface area contributed by atoms with Gasteiger partial charge in [0.25, 0.3) is 7.82 Å². The van der Waals surface area contributed by atoms with Gasteiger partial charge in [0.05, 0.1) is 40.0 Å². The lowest BCUT2D eigenvalue weighted by Crippen LogP contribution is -2.37. The van der Waals surface area contributed by atoms with Crippen molar-refractivity contribution in [2.24, 2.45) is 0 Å². The maximum absolute atomic E-state index is 12.7. The Morgan fingerprint density at radius 3 is 1.76 bits per heavy atom. The second-order valence-corrected chi connectivity index (χ2v) is 17.9. The summed E-state index contributed by atoms with van der Waals surface area (Å²) in [6.45, 7) is 4.18. The van der Waals surface area contributed by atoms with Crippen molar-refractivity contribution in [1.82, 2.24) is 0 Å². The molecule has 0 N–H and O–H groups in total. The summed E-state index contributed by atoms with van der Waals surface area (Å²) in [5, 5.41) is 0. The summed E-state index contributed by atoms with van der Waals surface area (Å²) in [7, 11) is 1.16. The van der Waals surface area contributed by atoms with Gasteiger partial charge in [-0.05, 0) is 38.5 Å². The maximum Gasteiger partial charge on any atom is 0.306 e. The molecule has 0 spiro atoms. The smallest absolute Gasteiger partial charge is 0.306 e. The fraction of sp³-hybridized carbons (Fsp3) is 0.907. The van der Waals surface area contributed by atoms with E-state index in [1.165, 1.54) is 96.3 Å². The maximum atomic E-state index is 12.7. The highest BCUT2D eigenvalue weighted by Gasteiger charge is 2.36. The first-order valence-corrected chi connectivity index (χ1v) is 23.5. The summed E-state index contributed by atoms with van der Waals surface area (Å²) < 4.78 is 39.6. The van der Waals surface area contributed by atoms with Crippen molar-refractivity contribution in [3.63, 3.8) is 0 Å². The molecule has 1 aliphatic rings. The lowest BCUT2D eigenvalue weighted by atomic mass is 10.0. The van der Waals surface area contributed by atoms with E-state index in [2.05, 4.69) is 26.0 Å². The lowest BCUT2D eigenvalue weighted by molar-refractivity contribution is -0.870. The molecule has 3 unspecified atom stereocenters. The summed E-state index contributed by atoms with van der Waals surface area (Å²) in [5.74, 6) is -0.849. The predicted molar refractivity (Wildman–Crippen MR) is 217 cm³/mol. The first kappa shape index (κ1) is 50.7. The third-order valence-electron chi connectivity index (χ3n) is 9.96. The Morgan fingerprint density at radius 1 is 0.667 bits per heavy atom. The molecule has 0 amide bonds. The number of epoxide rings is 1. The SMILES string of the molecule is CCCCCCCCCCCCCCCCC(=O)O[C@H](COC(=O)CCCCCCC/C=C\CC1OC1CCCCC)COP(=O)([O-])OCC[N+](C)(C)C. The highest BCUT2D eigenvalue weighted by molar-refractivity contribution is 7.45. The number of carbonyl (C=O) groups is 2. The topological polar surface area (TPSA) is 124 Å². The van der Waals surface area contributed by atoms with Crippen molar-refractivity contribution in [3.05, 3.63) is 12.2 Å². The van der Waals surface area contributed by atoms with Gasteiger partial charge in [-0.25, -0.2) is 0 Å². The number of likely N-dealkylation sites (N-methyl/N-ethyl adjacent to an activating group) is 1. The largest absolute Gasteiger partial charge is 0.756 e. The first-order valence-electron chi connectivity index (χ1n) is 22.0. The highest BCUT2D eigenvalue weighted by Crippen LogP contribution is 2.38. The summed E-state index contributed by atoms with van der Waals surface area (Å²) in [6.07, 6.45) is 34.0. The number of ether oxygens (including phenoxy) is 3. The molecule has 0 aromatic carbocycles. The molecule has 11 heteroatoms. The van der Waals surface area contributed by atoms with Crippen LogP contribution in [0.2, 0.25) is 0 Å². The van der Waals surface area contributed by atoms with E-state index in [4.69, 9.17) is 23.3 Å². The predicted octanol–water partition coefficient (Wildman–Crippen LogP) is 10.5. The molecular weight excluding hydrogens is 705 g/mol. The zero-order chi connectivity index (χ0) is 39.8. The second-order valence-electron chi connectivity index (χ2n) is 16.5. The molecule has 318 valence electrons. The highest BCUT2D eigenvalue weighted by atomic mass is 31.2. The molecule has 0 aromatic rings. The van der Waals surface area contributed by atoms with E-state index in [-0.39, 0.29) is 26.1 Å². The minimum atomic E-state index is -4.62. The summed E-state index contributed by atoms with van der Waals surface area (Å²) in [4.78, 5) is 37.5. The van der Waals surface area contributed by atoms with Gasteiger partial charge in [0.1, 0.15) is 19.8 Å². The molecule has 1 heterocycles. The molecule has 1 fully saturated rings. The van der Waals surface area contributed by atoms with Gasteiger partial charge in [-0.15, -0.1) is 0 Å². The number of hydrogen-bond acceptors (Lipinski definition) is 9. The van der Waals surface area contributed by atoms with Gasteiger partial charge in [-0.1, -0.05) is 148 Å². The van der Waals surface area contributed by atoms with Crippen molar-refractivity contribution >= 4 is 19.8 Å². The van der Waals surface area contributed by atoms with E-state index in [0.717, 1.165) is 51.4 Å². The third kappa shape index (κ3) is 32.9. The monoisotopic (exact) mass is 788 g/mol. The summed E-state index contributed by atoms with van der Waals surface area (Å²) >= 11 is 0. The second kappa shape index (κ2) is 32.8. The Hall–Kier alpha value is -1.29. The van der Waals surface area contributed by atoms with Gasteiger partial charge in [0.15, 0.2) is 6.10 Å². The van der Waals surface area contributed by atoms with Crippen molar-refractivity contribution in [2.75, 3.05) is 47.5 Å². The number of phosphoric acid groups is 1. The summed E-state index contributed by atoms with van der Waals surface area (Å²) in [6, 6.07) is 0. The molecule has 1 saturated heterocycles. The van der Waals surface area contributed by atoms with Gasteiger partial charge in [0, 0.05) is 12.8 Å². The number of unbranched alkanes of at least 4 members (excludes halogenated alkanes) is 20. The lowest BCUT2D eigenvalue weighted by Gasteiger charge is -2.28. The van der Waals surface area contributed by atoms with E-state index < -0.39 is 32.5 Å². The standard InChI is InChI=1S/C43H82NO9P/c1-6-8-10-11-12-13-14-15-16-17-18-23-26-30-34-43(46)52-39(38-51-54(47,48)50-36-35-44(3,4)5)37-49-42(45)33-29-25-22-20-19-21-24-28-32-41-40(53-41)31-27-9-7-2/h24,28,39-41H,6-23,25-27,29-38H2,1-5H3/b28-24-/t39-,40?,41?/m1/s1. The van der Waals surface area contributed by atoms with Gasteiger partial charge in [-0.3, -0.25) is 14.2 Å². The van der Waals surface area contributed by atoms with Gasteiger partial charge < -0.3 is 32.6 Å². The molecule has 0 aliphatic carbocycles. The summed E-state index contributed by atoms with van der Waals surface area (Å²) in [5.41, 5.74) is 0. The Kier molecular flexibility index (Phi) is 30.8. The van der Waals surface area contributed by atoms with Crippen LogP contribution in [0.5, 0.6) is 0 Å². The quantitative estimate of drug-likeness (QED) is 0.0149. The van der Waals surface area contributed by atoms with Crippen molar-refractivity contribution in [2.45, 2.75) is 206 Å². The van der Waals surface area contributed by atoms with Crippen LogP contribution < -0.4 is 4.89 Å². The van der Waals surface area contributed by atoms with Crippen LogP contribution in [0.1, 0.15) is 187 Å². The Labute approximate surface area is 331 Å². The Balaban J connectivity index is 2.27. The van der Waals surface area contributed by atoms with Crippen LogP contribution in [0, 0.1) is 0 Å². The molecule has 0 radical (unpaired) electrons. The van der Waals surface area contributed by atoms with Crippen LogP contribution in [0.3, 0.4) is 0 Å². The minimum absolute atomic E-state index is 0.0327. The van der Waals surface area contributed by atoms with Crippen LogP contribution in [0.15, 0.2) is 12.2 Å². The van der Waals surface area contributed by atoms with Crippen LogP contribution >= 0.6 is 7.82 Å². The number of esters is 2. The van der Waals surface area contributed by atoms with Crippen LogP contribution in [-0.4, -0.2) is 82.2 Å². The van der Waals surface area contributed by atoms with Crippen LogP contribution in [-0.2, 0) is 37.4 Å². The van der Waals surface area contributed by atoms with Crippen LogP contribution in [0.4, 0.5) is 0 Å². The third-order valence-corrected chi connectivity index (χ3v) is 10.9. The minimum Gasteiger partial charge on any atom is -0.756 e. The van der Waals surface area contributed by atoms with Crippen molar-refractivity contribution < 1.29 is 46.8 Å². The van der Waals surface area contributed by atoms with Crippen molar-refractivity contribution in [3.8, 4) is 0 Å². The molecule has 0 bridgehead atoms. The molecular formula is C43H82NO9P. The molecule has 54 heavy (non-hydrogen) atoms. The molecule has 0 saturated carbocycles. The van der Waals surface area contributed by atoms with Gasteiger partial charge in [0.2, 0.25) is 0 Å². The molecule has 10 nitrogen and oxygen atoms in total. The number of nitrogens with zero attached hydrogens (tertiary/aromatic N) is 1. The Morgan fingerprint density at radius 2 is 1.19 bits per heavy atom. The zero-order valence-corrected chi connectivity index (χ0v) is 36.3. The number of allylic oxidation sites excluding steroid dienone is 1. The molecule has 4 atom stereocenters. The van der Waals surface area contributed by atoms with E-state index in [1.807, 2.05) is 21.1 Å². The number of quaternary nitrogens is 1. The number of hydrogen-bond donors (Lipinski definition) is 0. The van der Waals surface area contributed by atoms with E-state index in [9.17, 15) is 19.0 Å². The fourth-order valence-electron chi connectivity index (χ4n) is 6.37. The van der Waals surface area contributed by atoms with Gasteiger partial charge >= 0.3 is 11.9 Å². The number of rotatable bonds is 39. The normalized spacial score (nSPS) is 17.4. The average molecular weight is 788 g/mol. The molecule has 1 aliphatic heterocycles.